The first-order chi connectivity index (χ1) is 19.8. The quantitative estimate of drug-likeness (QED) is 0.416. The van der Waals surface area contributed by atoms with E-state index in [9.17, 15) is 19.8 Å². The number of aromatic amines is 1. The highest BCUT2D eigenvalue weighted by molar-refractivity contribution is 6.12. The standard InChI is InChI=1S/C33H34N4O5/c1-18-30(4,5)36-23-14-10-8-12-21(23)31(40)27(42-6)32(41)28(39)35-16-15-29(2,3)25-20(19-11-7-9-13-22(19)34-25)17-24(35)26(38)37(32)33(18,31)36/h7-18,27,34,40-41H,1-6H3/t18-,27+,31+,32+,33+/m1/s1. The molecule has 0 aliphatic carbocycles. The minimum Gasteiger partial charge on any atom is -0.378 e. The van der Waals surface area contributed by atoms with E-state index in [0.717, 1.165) is 27.8 Å². The average Bonchev–Trinajstić information content (AvgIpc) is 3.49. The highest BCUT2D eigenvalue weighted by Gasteiger charge is 2.91. The van der Waals surface area contributed by atoms with E-state index < -0.39 is 45.9 Å². The first-order valence-corrected chi connectivity index (χ1v) is 14.4. The summed E-state index contributed by atoms with van der Waals surface area (Å²) in [5.74, 6) is -1.66. The maximum absolute atomic E-state index is 15.0. The van der Waals surface area contributed by atoms with Crippen LogP contribution in [0.4, 0.5) is 5.69 Å². The number of anilines is 1. The topological polar surface area (TPSA) is 109 Å². The molecule has 3 N–H and O–H groups in total. The van der Waals surface area contributed by atoms with Crippen LogP contribution in [0.5, 0.6) is 0 Å². The number of allylic oxidation sites excluding steroid dienone is 1. The summed E-state index contributed by atoms with van der Waals surface area (Å²) in [6, 6.07) is 15.3. The number of fused-ring (bicyclic) bond motifs is 8. The minimum absolute atomic E-state index is 0.101. The van der Waals surface area contributed by atoms with Gasteiger partial charge in [-0.25, -0.2) is 0 Å². The van der Waals surface area contributed by atoms with Crippen LogP contribution in [0.3, 0.4) is 0 Å². The van der Waals surface area contributed by atoms with Gasteiger partial charge in [0.25, 0.3) is 17.5 Å². The molecule has 5 aliphatic heterocycles. The van der Waals surface area contributed by atoms with Gasteiger partial charge in [0, 0.05) is 63.6 Å². The first-order valence-electron chi connectivity index (χ1n) is 14.4. The van der Waals surface area contributed by atoms with Crippen molar-refractivity contribution in [3.8, 4) is 0 Å². The van der Waals surface area contributed by atoms with E-state index in [-0.39, 0.29) is 11.6 Å². The lowest BCUT2D eigenvalue weighted by Gasteiger charge is -2.70. The predicted octanol–water partition coefficient (Wildman–Crippen LogP) is 3.53. The van der Waals surface area contributed by atoms with Crippen molar-refractivity contribution in [2.45, 2.75) is 68.7 Å². The van der Waals surface area contributed by atoms with Crippen molar-refractivity contribution in [2.24, 2.45) is 5.92 Å². The lowest BCUT2D eigenvalue weighted by atomic mass is 9.61. The number of piperazine rings is 1. The minimum atomic E-state index is -2.48. The third-order valence-electron chi connectivity index (χ3n) is 10.9. The Balaban J connectivity index is 1.44. The Morgan fingerprint density at radius 1 is 0.952 bits per heavy atom. The number of carbonyl (C=O) groups excluding carboxylic acids is 2. The Hall–Kier alpha value is -3.92. The number of aliphatic hydroxyl groups is 2. The van der Waals surface area contributed by atoms with E-state index in [1.54, 1.807) is 18.3 Å². The summed E-state index contributed by atoms with van der Waals surface area (Å²) in [6.07, 6.45) is 3.72. The SMILES string of the molecule is CO[C@@H]1[C@]2(O)C(=O)N3C=CC(C)(C)c4[nH]c5ccccc5c4C=C3C(=O)N2[C@]23[C@H](C)C(C)(C)N2c2ccccc2[C@]13O. The number of rotatable bonds is 1. The summed E-state index contributed by atoms with van der Waals surface area (Å²) in [7, 11) is 1.37. The average molecular weight is 567 g/mol. The van der Waals surface area contributed by atoms with Gasteiger partial charge >= 0.3 is 0 Å². The number of nitrogens with zero attached hydrogens (tertiary/aromatic N) is 3. The molecule has 6 heterocycles. The molecule has 216 valence electrons. The molecule has 2 amide bonds. The van der Waals surface area contributed by atoms with Gasteiger partial charge in [-0.15, -0.1) is 0 Å². The number of hydrogen-bond donors (Lipinski definition) is 3. The summed E-state index contributed by atoms with van der Waals surface area (Å²) in [5, 5.41) is 26.4. The van der Waals surface area contributed by atoms with Gasteiger partial charge in [0.1, 0.15) is 5.70 Å². The second kappa shape index (κ2) is 7.34. The van der Waals surface area contributed by atoms with Gasteiger partial charge in [-0.05, 0) is 32.1 Å². The van der Waals surface area contributed by atoms with Crippen LogP contribution in [-0.4, -0.2) is 67.0 Å². The second-order valence-corrected chi connectivity index (χ2v) is 13.4. The Morgan fingerprint density at radius 3 is 2.38 bits per heavy atom. The molecule has 3 aromatic rings. The molecule has 0 radical (unpaired) electrons. The van der Waals surface area contributed by atoms with Gasteiger partial charge in [0.15, 0.2) is 17.4 Å². The van der Waals surface area contributed by atoms with E-state index >= 15 is 0 Å². The Morgan fingerprint density at radius 2 is 1.64 bits per heavy atom. The maximum Gasteiger partial charge on any atom is 0.287 e. The van der Waals surface area contributed by atoms with Crippen LogP contribution < -0.4 is 4.90 Å². The van der Waals surface area contributed by atoms with Gasteiger partial charge in [0.05, 0.1) is 0 Å². The number of methoxy groups -OCH3 is 1. The number of amides is 2. The first kappa shape index (κ1) is 25.8. The molecule has 9 heteroatoms. The van der Waals surface area contributed by atoms with Gasteiger partial charge in [-0.2, -0.15) is 0 Å². The fraction of sp³-hybridized carbons (Fsp3) is 0.394. The van der Waals surface area contributed by atoms with Gasteiger partial charge < -0.3 is 24.8 Å². The second-order valence-electron chi connectivity index (χ2n) is 13.4. The molecule has 2 aromatic carbocycles. The highest BCUT2D eigenvalue weighted by atomic mass is 16.5. The molecule has 0 unspecified atom stereocenters. The molecule has 42 heavy (non-hydrogen) atoms. The van der Waals surface area contributed by atoms with Crippen LogP contribution in [0.2, 0.25) is 0 Å². The van der Waals surface area contributed by atoms with Crippen LogP contribution in [0.1, 0.15) is 51.4 Å². The van der Waals surface area contributed by atoms with Crippen LogP contribution >= 0.6 is 0 Å². The van der Waals surface area contributed by atoms with E-state index in [1.165, 1.54) is 16.9 Å². The lowest BCUT2D eigenvalue weighted by molar-refractivity contribution is -0.213. The summed E-state index contributed by atoms with van der Waals surface area (Å²) in [4.78, 5) is 37.7. The molecular formula is C33H34N4O5. The van der Waals surface area contributed by atoms with Gasteiger partial charge in [-0.3, -0.25) is 19.4 Å². The van der Waals surface area contributed by atoms with E-state index in [4.69, 9.17) is 4.74 Å². The van der Waals surface area contributed by atoms with Crippen molar-refractivity contribution in [2.75, 3.05) is 12.0 Å². The molecule has 3 fully saturated rings. The molecule has 8 rings (SSSR count). The number of nitrogens with one attached hydrogen (secondary N) is 1. The van der Waals surface area contributed by atoms with Gasteiger partial charge in [0.2, 0.25) is 0 Å². The zero-order valence-corrected chi connectivity index (χ0v) is 24.5. The smallest absolute Gasteiger partial charge is 0.287 e. The molecule has 5 atom stereocenters. The molecule has 3 saturated heterocycles. The van der Waals surface area contributed by atoms with Gasteiger partial charge in [-0.1, -0.05) is 63.2 Å². The highest BCUT2D eigenvalue weighted by Crippen LogP contribution is 2.74. The normalized spacial score (nSPS) is 35.0. The summed E-state index contributed by atoms with van der Waals surface area (Å²) in [5.41, 5.74) is -2.89. The van der Waals surface area contributed by atoms with E-state index in [2.05, 4.69) is 4.98 Å². The Labute approximate surface area is 243 Å². The third kappa shape index (κ3) is 2.36. The van der Waals surface area contributed by atoms with Crippen LogP contribution in [0.25, 0.3) is 17.0 Å². The molecule has 0 saturated carbocycles. The van der Waals surface area contributed by atoms with Crippen LogP contribution in [0, 0.1) is 5.92 Å². The van der Waals surface area contributed by atoms with Crippen molar-refractivity contribution in [1.29, 1.82) is 0 Å². The molecule has 5 aliphatic rings. The van der Waals surface area contributed by atoms with Crippen LogP contribution in [0.15, 0.2) is 66.5 Å². The molecule has 1 spiro atoms. The van der Waals surface area contributed by atoms with Crippen molar-refractivity contribution >= 4 is 34.5 Å². The predicted molar refractivity (Wildman–Crippen MR) is 157 cm³/mol. The molecule has 9 nitrogen and oxygen atoms in total. The molecule has 1 aromatic heterocycles. The van der Waals surface area contributed by atoms with E-state index in [1.807, 2.05) is 88.1 Å². The number of benzene rings is 2. The number of H-pyrrole nitrogens is 1. The monoisotopic (exact) mass is 566 g/mol. The van der Waals surface area contributed by atoms with E-state index in [0.29, 0.717) is 5.56 Å². The fourth-order valence-electron chi connectivity index (χ4n) is 8.84. The Bertz CT molecular complexity index is 1820. The zero-order valence-electron chi connectivity index (χ0n) is 24.5. The van der Waals surface area contributed by atoms with Crippen molar-refractivity contribution in [3.05, 3.63) is 83.3 Å². The number of ether oxygens (including phenoxy) is 1. The summed E-state index contributed by atoms with van der Waals surface area (Å²) in [6.45, 7) is 10.1. The summed E-state index contributed by atoms with van der Waals surface area (Å²) >= 11 is 0. The van der Waals surface area contributed by atoms with Crippen molar-refractivity contribution < 1.29 is 24.5 Å². The molecule has 0 bridgehead atoms. The van der Waals surface area contributed by atoms with Crippen LogP contribution in [-0.2, 0) is 25.3 Å². The number of aromatic nitrogens is 1. The maximum atomic E-state index is 15.0. The third-order valence-corrected chi connectivity index (χ3v) is 10.9. The largest absolute Gasteiger partial charge is 0.378 e. The lowest BCUT2D eigenvalue weighted by Crippen LogP contribution is -2.87. The fourth-order valence-corrected chi connectivity index (χ4v) is 8.84. The van der Waals surface area contributed by atoms with Crippen molar-refractivity contribution in [3.63, 3.8) is 0 Å². The zero-order chi connectivity index (χ0) is 29.8. The number of para-hydroxylation sites is 2. The summed E-state index contributed by atoms with van der Waals surface area (Å²) < 4.78 is 5.90. The number of hydrogen-bond acceptors (Lipinski definition) is 6. The molecular weight excluding hydrogens is 532 g/mol. The Kier molecular flexibility index (Phi) is 4.50. The number of carbonyl (C=O) groups is 2. The van der Waals surface area contributed by atoms with Crippen molar-refractivity contribution in [1.82, 2.24) is 14.8 Å².